The largest absolute Gasteiger partial charge is 0.352 e. The average Bonchev–Trinajstić information content (AvgIpc) is 3.04. The fourth-order valence-corrected chi connectivity index (χ4v) is 5.13. The molecule has 1 aliphatic carbocycles. The number of amides is 1. The molecule has 3 rings (SSSR count). The topological polar surface area (TPSA) is 92.5 Å². The van der Waals surface area contributed by atoms with Gasteiger partial charge in [0.15, 0.2) is 0 Å². The van der Waals surface area contributed by atoms with E-state index in [2.05, 4.69) is 5.32 Å². The number of sulfonamides is 1. The van der Waals surface area contributed by atoms with Gasteiger partial charge in [-0.1, -0.05) is 30.5 Å². The molecule has 1 amide bonds. The fraction of sp³-hybridized carbons (Fsp3) is 0.611. The van der Waals surface area contributed by atoms with Crippen LogP contribution in [-0.4, -0.2) is 43.3 Å². The van der Waals surface area contributed by atoms with E-state index in [1.54, 1.807) is 12.1 Å². The van der Waals surface area contributed by atoms with Crippen LogP contribution in [0.15, 0.2) is 29.2 Å². The number of nitrogens with one attached hydrogen (secondary N) is 1. The molecule has 0 spiro atoms. The van der Waals surface area contributed by atoms with Crippen LogP contribution in [0.2, 0.25) is 0 Å². The Kier molecular flexibility index (Phi) is 5.18. The number of hydrogen-bond acceptors (Lipinski definition) is 4. The number of hydrogen-bond donors (Lipinski definition) is 2. The second-order valence-electron chi connectivity index (χ2n) is 7.33. The summed E-state index contributed by atoms with van der Waals surface area (Å²) in [5.41, 5.74) is 6.49. The van der Waals surface area contributed by atoms with Gasteiger partial charge in [-0.05, 0) is 44.7 Å². The van der Waals surface area contributed by atoms with E-state index in [0.29, 0.717) is 30.8 Å². The highest BCUT2D eigenvalue weighted by atomic mass is 32.2. The van der Waals surface area contributed by atoms with Gasteiger partial charge in [-0.3, -0.25) is 4.79 Å². The van der Waals surface area contributed by atoms with Crippen LogP contribution in [-0.2, 0) is 14.8 Å². The fourth-order valence-electron chi connectivity index (χ4n) is 3.66. The van der Waals surface area contributed by atoms with Crippen molar-refractivity contribution < 1.29 is 13.2 Å². The van der Waals surface area contributed by atoms with Crippen molar-refractivity contribution in [3.05, 3.63) is 29.8 Å². The molecule has 0 aromatic heterocycles. The number of rotatable bonds is 4. The highest BCUT2D eigenvalue weighted by molar-refractivity contribution is 7.89. The Morgan fingerprint density at radius 1 is 1.16 bits per heavy atom. The third-order valence-corrected chi connectivity index (χ3v) is 7.31. The van der Waals surface area contributed by atoms with Gasteiger partial charge in [-0.25, -0.2) is 8.42 Å². The zero-order valence-corrected chi connectivity index (χ0v) is 15.5. The molecule has 1 saturated carbocycles. The van der Waals surface area contributed by atoms with Gasteiger partial charge >= 0.3 is 0 Å². The second kappa shape index (κ2) is 7.05. The lowest BCUT2D eigenvalue weighted by atomic mass is 9.96. The van der Waals surface area contributed by atoms with Crippen molar-refractivity contribution >= 4 is 15.9 Å². The van der Waals surface area contributed by atoms with E-state index in [1.165, 1.54) is 4.31 Å². The molecule has 1 heterocycles. The highest BCUT2D eigenvalue weighted by Gasteiger charge is 2.38. The summed E-state index contributed by atoms with van der Waals surface area (Å²) in [6.07, 6.45) is 4.70. The first-order valence-electron chi connectivity index (χ1n) is 8.98. The van der Waals surface area contributed by atoms with E-state index in [1.807, 2.05) is 19.1 Å². The molecule has 1 saturated heterocycles. The quantitative estimate of drug-likeness (QED) is 0.846. The first kappa shape index (κ1) is 18.4. The Bertz CT molecular complexity index is 716. The Morgan fingerprint density at radius 2 is 1.72 bits per heavy atom. The van der Waals surface area contributed by atoms with E-state index in [0.717, 1.165) is 31.2 Å². The third kappa shape index (κ3) is 3.88. The second-order valence-corrected chi connectivity index (χ2v) is 9.27. The SMILES string of the molecule is Cc1ccc(S(=O)(=O)N2CCC(NC(=O)C3(N)CCCC3)CC2)cc1. The van der Waals surface area contributed by atoms with E-state index in [9.17, 15) is 13.2 Å². The maximum atomic E-state index is 12.7. The molecule has 3 N–H and O–H groups in total. The van der Waals surface area contributed by atoms with Gasteiger partial charge < -0.3 is 11.1 Å². The number of carbonyl (C=O) groups is 1. The van der Waals surface area contributed by atoms with Crippen LogP contribution in [0.4, 0.5) is 0 Å². The summed E-state index contributed by atoms with van der Waals surface area (Å²) >= 11 is 0. The molecule has 0 atom stereocenters. The number of piperidine rings is 1. The van der Waals surface area contributed by atoms with Crippen molar-refractivity contribution in [2.75, 3.05) is 13.1 Å². The van der Waals surface area contributed by atoms with Gasteiger partial charge in [-0.15, -0.1) is 0 Å². The van der Waals surface area contributed by atoms with Crippen LogP contribution in [0.5, 0.6) is 0 Å². The number of carbonyl (C=O) groups excluding carboxylic acids is 1. The van der Waals surface area contributed by atoms with Crippen LogP contribution >= 0.6 is 0 Å². The van der Waals surface area contributed by atoms with Crippen LogP contribution < -0.4 is 11.1 Å². The van der Waals surface area contributed by atoms with Crippen molar-refractivity contribution in [1.29, 1.82) is 0 Å². The van der Waals surface area contributed by atoms with Gasteiger partial charge in [0, 0.05) is 19.1 Å². The average molecular weight is 365 g/mol. The Hall–Kier alpha value is -1.44. The minimum absolute atomic E-state index is 0.00186. The lowest BCUT2D eigenvalue weighted by Crippen LogP contribution is -2.56. The van der Waals surface area contributed by atoms with E-state index in [4.69, 9.17) is 5.73 Å². The van der Waals surface area contributed by atoms with Crippen LogP contribution in [0.25, 0.3) is 0 Å². The molecule has 1 aromatic carbocycles. The summed E-state index contributed by atoms with van der Waals surface area (Å²) < 4.78 is 26.9. The summed E-state index contributed by atoms with van der Waals surface area (Å²) in [4.78, 5) is 12.7. The van der Waals surface area contributed by atoms with E-state index >= 15 is 0 Å². The number of aryl methyl sites for hydroxylation is 1. The predicted octanol–water partition coefficient (Wildman–Crippen LogP) is 1.54. The van der Waals surface area contributed by atoms with Crippen molar-refractivity contribution in [3.8, 4) is 0 Å². The molecule has 138 valence electrons. The summed E-state index contributed by atoms with van der Waals surface area (Å²) in [5, 5.41) is 3.04. The molecule has 0 bridgehead atoms. The summed E-state index contributed by atoms with van der Waals surface area (Å²) in [5.74, 6) is -0.0789. The molecule has 7 heteroatoms. The normalized spacial score (nSPS) is 22.0. The van der Waals surface area contributed by atoms with Gasteiger partial charge in [0.25, 0.3) is 0 Å². The Labute approximate surface area is 149 Å². The number of benzene rings is 1. The molecule has 2 fully saturated rings. The van der Waals surface area contributed by atoms with Crippen LogP contribution in [0.1, 0.15) is 44.1 Å². The molecule has 25 heavy (non-hydrogen) atoms. The molecule has 1 aliphatic heterocycles. The predicted molar refractivity (Wildman–Crippen MR) is 96.5 cm³/mol. The van der Waals surface area contributed by atoms with E-state index in [-0.39, 0.29) is 11.9 Å². The molecule has 0 radical (unpaired) electrons. The standard InChI is InChI=1S/C18H27N3O3S/c1-14-4-6-16(7-5-14)25(23,24)21-12-8-15(9-13-21)20-17(22)18(19)10-2-3-11-18/h4-7,15H,2-3,8-13,19H2,1H3,(H,20,22). The van der Waals surface area contributed by atoms with Crippen molar-refractivity contribution in [1.82, 2.24) is 9.62 Å². The Balaban J connectivity index is 1.58. The van der Waals surface area contributed by atoms with Crippen molar-refractivity contribution in [2.45, 2.75) is 61.9 Å². The number of nitrogens with zero attached hydrogens (tertiary/aromatic N) is 1. The molecule has 0 unspecified atom stereocenters. The highest BCUT2D eigenvalue weighted by Crippen LogP contribution is 2.28. The molecular weight excluding hydrogens is 338 g/mol. The molecule has 1 aromatic rings. The lowest BCUT2D eigenvalue weighted by Gasteiger charge is -2.33. The van der Waals surface area contributed by atoms with Crippen molar-refractivity contribution in [2.24, 2.45) is 5.73 Å². The smallest absolute Gasteiger partial charge is 0.243 e. The molecule has 2 aliphatic rings. The number of nitrogens with two attached hydrogens (primary N) is 1. The van der Waals surface area contributed by atoms with Crippen LogP contribution in [0.3, 0.4) is 0 Å². The third-order valence-electron chi connectivity index (χ3n) is 5.40. The lowest BCUT2D eigenvalue weighted by molar-refractivity contribution is -0.127. The first-order chi connectivity index (χ1) is 11.8. The monoisotopic (exact) mass is 365 g/mol. The van der Waals surface area contributed by atoms with E-state index < -0.39 is 15.6 Å². The minimum Gasteiger partial charge on any atom is -0.352 e. The molecular formula is C18H27N3O3S. The van der Waals surface area contributed by atoms with Gasteiger partial charge in [0.1, 0.15) is 0 Å². The van der Waals surface area contributed by atoms with Gasteiger partial charge in [0.05, 0.1) is 10.4 Å². The van der Waals surface area contributed by atoms with Crippen LogP contribution in [0, 0.1) is 6.92 Å². The zero-order chi connectivity index (χ0) is 18.1. The maximum absolute atomic E-state index is 12.7. The Morgan fingerprint density at radius 3 is 2.28 bits per heavy atom. The van der Waals surface area contributed by atoms with Gasteiger partial charge in [-0.2, -0.15) is 4.31 Å². The summed E-state index contributed by atoms with van der Waals surface area (Å²) in [6.45, 7) is 2.76. The van der Waals surface area contributed by atoms with Crippen molar-refractivity contribution in [3.63, 3.8) is 0 Å². The molecule has 6 nitrogen and oxygen atoms in total. The first-order valence-corrected chi connectivity index (χ1v) is 10.4. The maximum Gasteiger partial charge on any atom is 0.243 e. The zero-order valence-electron chi connectivity index (χ0n) is 14.7. The van der Waals surface area contributed by atoms with Gasteiger partial charge in [0.2, 0.25) is 15.9 Å². The minimum atomic E-state index is -3.46. The summed E-state index contributed by atoms with van der Waals surface area (Å²) in [6, 6.07) is 6.91. The summed E-state index contributed by atoms with van der Waals surface area (Å²) in [7, 11) is -3.46.